The molecule has 20 heavy (non-hydrogen) atoms. The van der Waals surface area contributed by atoms with Gasteiger partial charge in [-0.15, -0.1) is 0 Å². The maximum absolute atomic E-state index is 13.3. The minimum absolute atomic E-state index is 0.269. The number of anilines is 3. The minimum atomic E-state index is -0.269. The maximum atomic E-state index is 13.3. The summed E-state index contributed by atoms with van der Waals surface area (Å²) in [6.45, 7) is 6.74. The lowest BCUT2D eigenvalue weighted by Gasteiger charge is -2.12. The van der Waals surface area contributed by atoms with Crippen LogP contribution in [-0.2, 0) is 0 Å². The molecular weight excluding hydrogens is 255 g/mol. The van der Waals surface area contributed by atoms with Gasteiger partial charge in [-0.3, -0.25) is 0 Å². The predicted molar refractivity (Wildman–Crippen MR) is 80.0 cm³/mol. The van der Waals surface area contributed by atoms with Crippen molar-refractivity contribution in [3.63, 3.8) is 0 Å². The summed E-state index contributed by atoms with van der Waals surface area (Å²) in [7, 11) is 0. The molecule has 1 aromatic carbocycles. The van der Waals surface area contributed by atoms with Crippen LogP contribution in [0.25, 0.3) is 0 Å². The Morgan fingerprint density at radius 2 is 2.00 bits per heavy atom. The average molecular weight is 274 g/mol. The van der Waals surface area contributed by atoms with Crippen LogP contribution in [0, 0.1) is 19.7 Å². The van der Waals surface area contributed by atoms with Gasteiger partial charge in [0.15, 0.2) is 0 Å². The van der Waals surface area contributed by atoms with Crippen LogP contribution in [0.15, 0.2) is 24.4 Å². The molecule has 2 rings (SSSR count). The molecule has 4 nitrogen and oxygen atoms in total. The SMILES string of the molecule is CCCNc1ncc(C)c(Nc2cc(F)ccc2C)n1. The molecule has 0 saturated carbocycles. The third-order valence-corrected chi connectivity index (χ3v) is 2.96. The largest absolute Gasteiger partial charge is 0.354 e. The van der Waals surface area contributed by atoms with Crippen molar-refractivity contribution in [1.29, 1.82) is 0 Å². The monoisotopic (exact) mass is 274 g/mol. The molecule has 0 aliphatic heterocycles. The van der Waals surface area contributed by atoms with Gasteiger partial charge in [0.05, 0.1) is 0 Å². The number of hydrogen-bond donors (Lipinski definition) is 2. The molecule has 2 aromatic rings. The summed E-state index contributed by atoms with van der Waals surface area (Å²) < 4.78 is 13.3. The van der Waals surface area contributed by atoms with Crippen LogP contribution in [0.3, 0.4) is 0 Å². The van der Waals surface area contributed by atoms with Crippen molar-refractivity contribution in [2.45, 2.75) is 27.2 Å². The molecule has 0 radical (unpaired) electrons. The van der Waals surface area contributed by atoms with Gasteiger partial charge in [0.1, 0.15) is 11.6 Å². The first kappa shape index (κ1) is 14.2. The fraction of sp³-hybridized carbons (Fsp3) is 0.333. The van der Waals surface area contributed by atoms with E-state index in [4.69, 9.17) is 0 Å². The van der Waals surface area contributed by atoms with E-state index in [0.29, 0.717) is 17.5 Å². The summed E-state index contributed by atoms with van der Waals surface area (Å²) in [5, 5.41) is 6.30. The second-order valence-corrected chi connectivity index (χ2v) is 4.74. The summed E-state index contributed by atoms with van der Waals surface area (Å²) in [5.41, 5.74) is 2.59. The Balaban J connectivity index is 2.25. The van der Waals surface area contributed by atoms with Crippen LogP contribution in [0.2, 0.25) is 0 Å². The first-order chi connectivity index (χ1) is 9.60. The van der Waals surface area contributed by atoms with Gasteiger partial charge >= 0.3 is 0 Å². The second kappa shape index (κ2) is 6.32. The summed E-state index contributed by atoms with van der Waals surface area (Å²) in [6.07, 6.45) is 2.75. The number of hydrogen-bond acceptors (Lipinski definition) is 4. The number of rotatable bonds is 5. The molecule has 2 N–H and O–H groups in total. The van der Waals surface area contributed by atoms with E-state index in [9.17, 15) is 4.39 Å². The zero-order chi connectivity index (χ0) is 14.5. The van der Waals surface area contributed by atoms with Gasteiger partial charge in [-0.05, 0) is 38.0 Å². The summed E-state index contributed by atoms with van der Waals surface area (Å²) in [5.74, 6) is 0.996. The lowest BCUT2D eigenvalue weighted by molar-refractivity contribution is 0.628. The van der Waals surface area contributed by atoms with Gasteiger partial charge in [0, 0.05) is 24.0 Å². The second-order valence-electron chi connectivity index (χ2n) is 4.74. The Kier molecular flexibility index (Phi) is 4.50. The van der Waals surface area contributed by atoms with E-state index in [-0.39, 0.29) is 5.82 Å². The number of benzene rings is 1. The summed E-state index contributed by atoms with van der Waals surface area (Å²) >= 11 is 0. The molecule has 0 fully saturated rings. The van der Waals surface area contributed by atoms with Crippen molar-refractivity contribution in [2.24, 2.45) is 0 Å². The Bertz CT molecular complexity index is 598. The smallest absolute Gasteiger partial charge is 0.224 e. The molecule has 1 heterocycles. The lowest BCUT2D eigenvalue weighted by Crippen LogP contribution is -2.07. The van der Waals surface area contributed by atoms with Crippen molar-refractivity contribution in [3.05, 3.63) is 41.3 Å². The maximum Gasteiger partial charge on any atom is 0.224 e. The number of aromatic nitrogens is 2. The number of aryl methyl sites for hydroxylation is 2. The van der Waals surface area contributed by atoms with Gasteiger partial charge in [0.25, 0.3) is 0 Å². The highest BCUT2D eigenvalue weighted by atomic mass is 19.1. The van der Waals surface area contributed by atoms with E-state index in [1.54, 1.807) is 12.3 Å². The van der Waals surface area contributed by atoms with E-state index in [2.05, 4.69) is 27.5 Å². The molecular formula is C15H19FN4. The van der Waals surface area contributed by atoms with Crippen LogP contribution in [0.4, 0.5) is 21.8 Å². The standard InChI is InChI=1S/C15H19FN4/c1-4-7-17-15-18-9-11(3)14(20-15)19-13-8-12(16)6-5-10(13)2/h5-6,8-9H,4,7H2,1-3H3,(H2,17,18,19,20). The number of nitrogens with one attached hydrogen (secondary N) is 2. The Morgan fingerprint density at radius 1 is 1.20 bits per heavy atom. The van der Waals surface area contributed by atoms with Crippen LogP contribution in [-0.4, -0.2) is 16.5 Å². The highest BCUT2D eigenvalue weighted by Gasteiger charge is 2.06. The normalized spacial score (nSPS) is 10.4. The van der Waals surface area contributed by atoms with Gasteiger partial charge < -0.3 is 10.6 Å². The Morgan fingerprint density at radius 3 is 2.75 bits per heavy atom. The fourth-order valence-electron chi connectivity index (χ4n) is 1.75. The van der Waals surface area contributed by atoms with E-state index in [1.807, 2.05) is 13.8 Å². The van der Waals surface area contributed by atoms with Crippen molar-refractivity contribution in [3.8, 4) is 0 Å². The van der Waals surface area contributed by atoms with E-state index < -0.39 is 0 Å². The van der Waals surface area contributed by atoms with E-state index in [0.717, 1.165) is 24.1 Å². The fourth-order valence-corrected chi connectivity index (χ4v) is 1.75. The van der Waals surface area contributed by atoms with Crippen LogP contribution in [0.5, 0.6) is 0 Å². The first-order valence-electron chi connectivity index (χ1n) is 6.71. The highest BCUT2D eigenvalue weighted by Crippen LogP contribution is 2.22. The molecule has 0 spiro atoms. The number of nitrogens with zero attached hydrogens (tertiary/aromatic N) is 2. The molecule has 0 aliphatic rings. The Labute approximate surface area is 118 Å². The molecule has 0 unspecified atom stereocenters. The third kappa shape index (κ3) is 3.44. The van der Waals surface area contributed by atoms with Gasteiger partial charge in [-0.25, -0.2) is 9.37 Å². The molecule has 0 atom stereocenters. The molecule has 0 amide bonds. The Hall–Kier alpha value is -2.17. The first-order valence-corrected chi connectivity index (χ1v) is 6.71. The van der Waals surface area contributed by atoms with Gasteiger partial charge in [0.2, 0.25) is 5.95 Å². The molecule has 0 aliphatic carbocycles. The zero-order valence-electron chi connectivity index (χ0n) is 12.0. The van der Waals surface area contributed by atoms with E-state index >= 15 is 0 Å². The van der Waals surface area contributed by atoms with Crippen molar-refractivity contribution >= 4 is 17.5 Å². The molecule has 0 saturated heterocycles. The number of halogens is 1. The van der Waals surface area contributed by atoms with Crippen LogP contribution < -0.4 is 10.6 Å². The van der Waals surface area contributed by atoms with Crippen molar-refractivity contribution in [2.75, 3.05) is 17.2 Å². The quantitative estimate of drug-likeness (QED) is 0.870. The third-order valence-electron chi connectivity index (χ3n) is 2.96. The topological polar surface area (TPSA) is 49.8 Å². The highest BCUT2D eigenvalue weighted by molar-refractivity contribution is 5.63. The van der Waals surface area contributed by atoms with E-state index in [1.165, 1.54) is 12.1 Å². The van der Waals surface area contributed by atoms with Crippen LogP contribution in [0.1, 0.15) is 24.5 Å². The van der Waals surface area contributed by atoms with Gasteiger partial charge in [-0.2, -0.15) is 4.98 Å². The average Bonchev–Trinajstić information content (AvgIpc) is 2.43. The summed E-state index contributed by atoms with van der Waals surface area (Å²) in [6, 6.07) is 4.65. The molecule has 1 aromatic heterocycles. The molecule has 106 valence electrons. The molecule has 5 heteroatoms. The lowest BCUT2D eigenvalue weighted by atomic mass is 10.2. The minimum Gasteiger partial charge on any atom is -0.354 e. The van der Waals surface area contributed by atoms with Gasteiger partial charge in [-0.1, -0.05) is 13.0 Å². The van der Waals surface area contributed by atoms with Crippen LogP contribution >= 0.6 is 0 Å². The summed E-state index contributed by atoms with van der Waals surface area (Å²) in [4.78, 5) is 8.64. The predicted octanol–water partition coefficient (Wildman–Crippen LogP) is 3.80. The van der Waals surface area contributed by atoms with Crippen molar-refractivity contribution in [1.82, 2.24) is 9.97 Å². The zero-order valence-corrected chi connectivity index (χ0v) is 12.0. The molecule has 0 bridgehead atoms. The van der Waals surface area contributed by atoms with Crippen molar-refractivity contribution < 1.29 is 4.39 Å².